The van der Waals surface area contributed by atoms with Crippen LogP contribution in [0.2, 0.25) is 5.02 Å². The molecule has 0 amide bonds. The maximum atomic E-state index is 6.17. The van der Waals surface area contributed by atoms with Crippen LogP contribution in [0.4, 0.5) is 0 Å². The molecule has 2 rings (SSSR count). The number of nitrogens with zero attached hydrogens (tertiary/aromatic N) is 2. The fraction of sp³-hybridized carbons (Fsp3) is 0.333. The third-order valence-electron chi connectivity index (χ3n) is 2.64. The molecular weight excluding hydrogens is 318 g/mol. The van der Waals surface area contributed by atoms with Gasteiger partial charge in [-0.3, -0.25) is 0 Å². The van der Waals surface area contributed by atoms with E-state index in [0.29, 0.717) is 22.3 Å². The molecule has 1 heterocycles. The lowest BCUT2D eigenvalue weighted by molar-refractivity contribution is 0.400. The predicted molar refractivity (Wildman–Crippen MR) is 74.2 cm³/mol. The van der Waals surface area contributed by atoms with Gasteiger partial charge in [0.15, 0.2) is 5.82 Å². The van der Waals surface area contributed by atoms with Crippen LogP contribution in [0, 0.1) is 5.92 Å². The molecule has 6 heteroatoms. The number of nitrogens with two attached hydrogens (primary N) is 1. The predicted octanol–water partition coefficient (Wildman–Crippen LogP) is 3.81. The first-order chi connectivity index (χ1) is 8.50. The summed E-state index contributed by atoms with van der Waals surface area (Å²) in [6.07, 6.45) is 0. The average Bonchev–Trinajstić information content (AvgIpc) is 2.80. The summed E-state index contributed by atoms with van der Waals surface area (Å²) in [5.74, 6) is 1.12. The minimum Gasteiger partial charge on any atom is -0.334 e. The van der Waals surface area contributed by atoms with E-state index in [9.17, 15) is 0 Å². The van der Waals surface area contributed by atoms with Gasteiger partial charge in [0.1, 0.15) is 0 Å². The van der Waals surface area contributed by atoms with Crippen molar-refractivity contribution in [1.29, 1.82) is 0 Å². The number of aromatic nitrogens is 2. The highest BCUT2D eigenvalue weighted by molar-refractivity contribution is 9.10. The Labute approximate surface area is 119 Å². The fourth-order valence-electron chi connectivity index (χ4n) is 1.45. The molecule has 2 N–H and O–H groups in total. The first-order valence-electron chi connectivity index (χ1n) is 5.54. The van der Waals surface area contributed by atoms with Crippen LogP contribution in [-0.4, -0.2) is 10.1 Å². The highest BCUT2D eigenvalue weighted by Gasteiger charge is 2.19. The van der Waals surface area contributed by atoms with Crippen LogP contribution < -0.4 is 5.73 Å². The number of hydrogen-bond donors (Lipinski definition) is 1. The Bertz CT molecular complexity index is 556. The van der Waals surface area contributed by atoms with Gasteiger partial charge in [0.25, 0.3) is 5.89 Å². The van der Waals surface area contributed by atoms with Gasteiger partial charge in [-0.15, -0.1) is 0 Å². The van der Waals surface area contributed by atoms with E-state index in [1.165, 1.54) is 0 Å². The smallest absolute Gasteiger partial charge is 0.259 e. The molecule has 0 radical (unpaired) electrons. The normalized spacial score (nSPS) is 13.0. The molecule has 2 aromatic rings. The standard InChI is InChI=1S/C12H13BrClN3O/c1-6(2)10(15)11-16-12(18-17-11)7-4-3-5-8(13)9(7)14/h3-6,10H,15H2,1-2H3. The van der Waals surface area contributed by atoms with E-state index < -0.39 is 0 Å². The first kappa shape index (κ1) is 13.5. The largest absolute Gasteiger partial charge is 0.334 e. The van der Waals surface area contributed by atoms with Gasteiger partial charge >= 0.3 is 0 Å². The van der Waals surface area contributed by atoms with Gasteiger partial charge in [0, 0.05) is 4.47 Å². The summed E-state index contributed by atoms with van der Waals surface area (Å²) in [6.45, 7) is 4.01. The second kappa shape index (κ2) is 5.38. The van der Waals surface area contributed by atoms with Crippen molar-refractivity contribution in [1.82, 2.24) is 10.1 Å². The van der Waals surface area contributed by atoms with Crippen molar-refractivity contribution in [3.05, 3.63) is 33.5 Å². The highest BCUT2D eigenvalue weighted by Crippen LogP contribution is 2.33. The number of halogens is 2. The zero-order chi connectivity index (χ0) is 13.3. The summed E-state index contributed by atoms with van der Waals surface area (Å²) in [5.41, 5.74) is 6.67. The minimum absolute atomic E-state index is 0.242. The van der Waals surface area contributed by atoms with Gasteiger partial charge in [-0.1, -0.05) is 36.7 Å². The molecule has 96 valence electrons. The van der Waals surface area contributed by atoms with Crippen molar-refractivity contribution in [3.63, 3.8) is 0 Å². The van der Waals surface area contributed by atoms with E-state index in [0.717, 1.165) is 4.47 Å². The maximum Gasteiger partial charge on any atom is 0.259 e. The summed E-state index contributed by atoms with van der Waals surface area (Å²) in [4.78, 5) is 4.30. The van der Waals surface area contributed by atoms with E-state index in [1.807, 2.05) is 32.0 Å². The molecule has 0 saturated carbocycles. The molecular formula is C12H13BrClN3O. The van der Waals surface area contributed by atoms with Gasteiger partial charge in [-0.05, 0) is 34.0 Å². The van der Waals surface area contributed by atoms with Crippen LogP contribution in [-0.2, 0) is 0 Å². The number of hydrogen-bond acceptors (Lipinski definition) is 4. The van der Waals surface area contributed by atoms with Crippen molar-refractivity contribution in [3.8, 4) is 11.5 Å². The molecule has 1 atom stereocenters. The molecule has 0 spiro atoms. The summed E-state index contributed by atoms with van der Waals surface area (Å²) >= 11 is 9.53. The van der Waals surface area contributed by atoms with Crippen molar-refractivity contribution in [2.45, 2.75) is 19.9 Å². The lowest BCUT2D eigenvalue weighted by atomic mass is 10.1. The second-order valence-electron chi connectivity index (χ2n) is 4.33. The monoisotopic (exact) mass is 329 g/mol. The van der Waals surface area contributed by atoms with Crippen LogP contribution in [0.5, 0.6) is 0 Å². The third-order valence-corrected chi connectivity index (χ3v) is 3.94. The van der Waals surface area contributed by atoms with E-state index in [2.05, 4.69) is 26.1 Å². The van der Waals surface area contributed by atoms with Crippen LogP contribution >= 0.6 is 27.5 Å². The summed E-state index contributed by atoms with van der Waals surface area (Å²) in [5, 5.41) is 4.45. The minimum atomic E-state index is -0.242. The van der Waals surface area contributed by atoms with Gasteiger partial charge in [0.05, 0.1) is 16.6 Å². The number of rotatable bonds is 3. The molecule has 1 aromatic carbocycles. The number of benzene rings is 1. The van der Waals surface area contributed by atoms with E-state index in [4.69, 9.17) is 21.9 Å². The Balaban J connectivity index is 2.38. The van der Waals surface area contributed by atoms with Crippen molar-refractivity contribution >= 4 is 27.5 Å². The van der Waals surface area contributed by atoms with Crippen molar-refractivity contribution < 1.29 is 4.52 Å². The van der Waals surface area contributed by atoms with Gasteiger partial charge in [-0.25, -0.2) is 0 Å². The molecule has 0 saturated heterocycles. The molecule has 1 unspecified atom stereocenters. The van der Waals surface area contributed by atoms with Gasteiger partial charge in [-0.2, -0.15) is 4.98 Å². The molecule has 1 aromatic heterocycles. The van der Waals surface area contributed by atoms with Gasteiger partial charge in [0.2, 0.25) is 0 Å². The molecule has 4 nitrogen and oxygen atoms in total. The summed E-state index contributed by atoms with van der Waals surface area (Å²) in [7, 11) is 0. The Morgan fingerprint density at radius 1 is 1.39 bits per heavy atom. The summed E-state index contributed by atoms with van der Waals surface area (Å²) in [6, 6.07) is 5.29. The van der Waals surface area contributed by atoms with Crippen LogP contribution in [0.25, 0.3) is 11.5 Å². The van der Waals surface area contributed by atoms with Crippen molar-refractivity contribution in [2.24, 2.45) is 11.7 Å². The Morgan fingerprint density at radius 3 is 2.78 bits per heavy atom. The third kappa shape index (κ3) is 2.58. The molecule has 0 aliphatic heterocycles. The van der Waals surface area contributed by atoms with Crippen LogP contribution in [0.3, 0.4) is 0 Å². The lowest BCUT2D eigenvalue weighted by Gasteiger charge is -2.09. The zero-order valence-electron chi connectivity index (χ0n) is 10.0. The van der Waals surface area contributed by atoms with E-state index >= 15 is 0 Å². The van der Waals surface area contributed by atoms with Crippen LogP contribution in [0.15, 0.2) is 27.2 Å². The molecule has 0 aliphatic rings. The van der Waals surface area contributed by atoms with Gasteiger partial charge < -0.3 is 10.3 Å². The first-order valence-corrected chi connectivity index (χ1v) is 6.71. The molecule has 0 bridgehead atoms. The van der Waals surface area contributed by atoms with Crippen molar-refractivity contribution in [2.75, 3.05) is 0 Å². The molecule has 0 fully saturated rings. The molecule has 0 aliphatic carbocycles. The second-order valence-corrected chi connectivity index (χ2v) is 5.56. The molecule has 18 heavy (non-hydrogen) atoms. The van der Waals surface area contributed by atoms with Crippen LogP contribution in [0.1, 0.15) is 25.7 Å². The quantitative estimate of drug-likeness (QED) is 0.929. The zero-order valence-corrected chi connectivity index (χ0v) is 12.4. The Hall–Kier alpha value is -0.910. The Kier molecular flexibility index (Phi) is 4.04. The fourth-order valence-corrected chi connectivity index (χ4v) is 2.02. The highest BCUT2D eigenvalue weighted by atomic mass is 79.9. The summed E-state index contributed by atoms with van der Waals surface area (Å²) < 4.78 is 6.00. The SMILES string of the molecule is CC(C)C(N)c1noc(-c2cccc(Br)c2Cl)n1. The lowest BCUT2D eigenvalue weighted by Crippen LogP contribution is -2.18. The van der Waals surface area contributed by atoms with E-state index in [-0.39, 0.29) is 12.0 Å². The average molecular weight is 331 g/mol. The van der Waals surface area contributed by atoms with E-state index in [1.54, 1.807) is 0 Å². The topological polar surface area (TPSA) is 64.9 Å². The Morgan fingerprint density at radius 2 is 2.11 bits per heavy atom. The maximum absolute atomic E-state index is 6.17.